The first-order valence-corrected chi connectivity index (χ1v) is 7.64. The zero-order valence-corrected chi connectivity index (χ0v) is 13.7. The molecular formula is C16H20N6O. The summed E-state index contributed by atoms with van der Waals surface area (Å²) in [5.74, 6) is 0.548. The molecule has 0 saturated carbocycles. The van der Waals surface area contributed by atoms with Crippen molar-refractivity contribution < 1.29 is 4.79 Å². The van der Waals surface area contributed by atoms with Crippen molar-refractivity contribution in [3.05, 3.63) is 46.9 Å². The molecule has 0 aliphatic rings. The number of carbonyl (C=O) groups excluding carboxylic acids is 1. The van der Waals surface area contributed by atoms with E-state index >= 15 is 0 Å². The summed E-state index contributed by atoms with van der Waals surface area (Å²) < 4.78 is 1.74. The van der Waals surface area contributed by atoms with Crippen LogP contribution in [0, 0.1) is 20.8 Å². The number of H-pyrrole nitrogens is 1. The van der Waals surface area contributed by atoms with Gasteiger partial charge in [-0.15, -0.1) is 0 Å². The Morgan fingerprint density at radius 1 is 1.35 bits per heavy atom. The minimum absolute atomic E-state index is 0.166. The highest BCUT2D eigenvalue weighted by molar-refractivity contribution is 5.93. The number of amides is 1. The van der Waals surface area contributed by atoms with Crippen molar-refractivity contribution in [2.45, 2.75) is 40.2 Å². The lowest BCUT2D eigenvalue weighted by Crippen LogP contribution is -2.30. The topological polar surface area (TPSA) is 88.0 Å². The highest BCUT2D eigenvalue weighted by atomic mass is 16.2. The summed E-state index contributed by atoms with van der Waals surface area (Å²) in [5.41, 5.74) is 3.77. The molecule has 0 bridgehead atoms. The largest absolute Gasteiger partial charge is 0.344 e. The van der Waals surface area contributed by atoms with E-state index in [0.29, 0.717) is 11.3 Å². The number of carbonyl (C=O) groups is 1. The smallest absolute Gasteiger partial charge is 0.270 e. The standard InChI is InChI=1S/C16H20N6O/c1-5-12(15-17-8-10(3)18-15)20-16(23)13-7-11(4)22-14(19-13)6-9(2)21-22/h6-8,12H,5H2,1-4H3,(H,17,18)(H,20,23). The SMILES string of the molecule is CCC(NC(=O)c1cc(C)n2nc(C)cc2n1)c1ncc(C)[nH]1. The van der Waals surface area contributed by atoms with Crippen LogP contribution in [0.1, 0.15) is 52.8 Å². The quantitative estimate of drug-likeness (QED) is 0.773. The van der Waals surface area contributed by atoms with Crippen molar-refractivity contribution >= 4 is 11.6 Å². The predicted molar refractivity (Wildman–Crippen MR) is 86.3 cm³/mol. The molecule has 3 aromatic rings. The van der Waals surface area contributed by atoms with Crippen molar-refractivity contribution in [2.75, 3.05) is 0 Å². The second kappa shape index (κ2) is 5.83. The Hall–Kier alpha value is -2.70. The fourth-order valence-electron chi connectivity index (χ4n) is 2.56. The van der Waals surface area contributed by atoms with Crippen LogP contribution in [0.25, 0.3) is 5.65 Å². The molecule has 3 heterocycles. The highest BCUT2D eigenvalue weighted by Gasteiger charge is 2.18. The van der Waals surface area contributed by atoms with Gasteiger partial charge in [0.25, 0.3) is 5.91 Å². The van der Waals surface area contributed by atoms with Gasteiger partial charge in [0.15, 0.2) is 5.65 Å². The summed E-state index contributed by atoms with van der Waals surface area (Å²) >= 11 is 0. The van der Waals surface area contributed by atoms with Crippen LogP contribution in [0.5, 0.6) is 0 Å². The van der Waals surface area contributed by atoms with Crippen LogP contribution in [0.3, 0.4) is 0 Å². The van der Waals surface area contributed by atoms with Gasteiger partial charge >= 0.3 is 0 Å². The van der Waals surface area contributed by atoms with Gasteiger partial charge < -0.3 is 10.3 Å². The summed E-state index contributed by atoms with van der Waals surface area (Å²) in [6.45, 7) is 7.75. The van der Waals surface area contributed by atoms with Gasteiger partial charge in [0.05, 0.1) is 11.7 Å². The number of fused-ring (bicyclic) bond motifs is 1. The van der Waals surface area contributed by atoms with Crippen LogP contribution in [0.2, 0.25) is 0 Å². The zero-order chi connectivity index (χ0) is 16.6. The Morgan fingerprint density at radius 2 is 2.13 bits per heavy atom. The minimum Gasteiger partial charge on any atom is -0.344 e. The fraction of sp³-hybridized carbons (Fsp3) is 0.375. The van der Waals surface area contributed by atoms with Crippen LogP contribution in [-0.4, -0.2) is 30.5 Å². The zero-order valence-electron chi connectivity index (χ0n) is 13.7. The molecule has 0 fully saturated rings. The molecule has 0 spiro atoms. The normalized spacial score (nSPS) is 12.5. The van der Waals surface area contributed by atoms with E-state index in [1.54, 1.807) is 16.8 Å². The fourth-order valence-corrected chi connectivity index (χ4v) is 2.56. The molecule has 1 atom stereocenters. The lowest BCUT2D eigenvalue weighted by atomic mass is 10.2. The monoisotopic (exact) mass is 312 g/mol. The Bertz CT molecular complexity index is 863. The Labute approximate surface area is 134 Å². The number of nitrogens with zero attached hydrogens (tertiary/aromatic N) is 4. The van der Waals surface area contributed by atoms with E-state index in [1.807, 2.05) is 33.8 Å². The maximum absolute atomic E-state index is 12.6. The number of hydrogen-bond donors (Lipinski definition) is 2. The number of imidazole rings is 1. The summed E-state index contributed by atoms with van der Waals surface area (Å²) in [4.78, 5) is 24.4. The molecule has 0 aromatic carbocycles. The van der Waals surface area contributed by atoms with Gasteiger partial charge in [-0.1, -0.05) is 6.92 Å². The molecule has 0 aliphatic carbocycles. The first kappa shape index (κ1) is 15.2. The summed E-state index contributed by atoms with van der Waals surface area (Å²) in [6, 6.07) is 3.44. The van der Waals surface area contributed by atoms with Crippen LogP contribution in [0.15, 0.2) is 18.3 Å². The van der Waals surface area contributed by atoms with Crippen molar-refractivity contribution in [3.63, 3.8) is 0 Å². The number of aromatic amines is 1. The predicted octanol–water partition coefficient (Wildman–Crippen LogP) is 2.26. The van der Waals surface area contributed by atoms with Gasteiger partial charge in [-0.3, -0.25) is 4.79 Å². The van der Waals surface area contributed by atoms with E-state index < -0.39 is 0 Å². The first-order chi connectivity index (χ1) is 11.0. The van der Waals surface area contributed by atoms with Gasteiger partial charge in [0.2, 0.25) is 0 Å². The molecule has 7 heteroatoms. The molecule has 2 N–H and O–H groups in total. The molecule has 120 valence electrons. The first-order valence-electron chi connectivity index (χ1n) is 7.64. The summed E-state index contributed by atoms with van der Waals surface area (Å²) in [5, 5.41) is 7.33. The third kappa shape index (κ3) is 2.94. The Kier molecular flexibility index (Phi) is 3.85. The average Bonchev–Trinajstić information content (AvgIpc) is 3.10. The number of rotatable bonds is 4. The van der Waals surface area contributed by atoms with E-state index in [2.05, 4.69) is 25.4 Å². The number of nitrogens with one attached hydrogen (secondary N) is 2. The van der Waals surface area contributed by atoms with Crippen LogP contribution in [-0.2, 0) is 0 Å². The molecular weight excluding hydrogens is 292 g/mol. The molecule has 1 unspecified atom stereocenters. The minimum atomic E-state index is -0.213. The van der Waals surface area contributed by atoms with Crippen molar-refractivity contribution in [2.24, 2.45) is 0 Å². The molecule has 0 aliphatic heterocycles. The van der Waals surface area contributed by atoms with E-state index in [1.165, 1.54) is 0 Å². The van der Waals surface area contributed by atoms with Crippen LogP contribution in [0.4, 0.5) is 0 Å². The molecule has 3 rings (SSSR count). The van der Waals surface area contributed by atoms with Crippen molar-refractivity contribution in [1.82, 2.24) is 29.9 Å². The number of aryl methyl sites for hydroxylation is 3. The third-order valence-corrected chi connectivity index (χ3v) is 3.73. The van der Waals surface area contributed by atoms with E-state index in [-0.39, 0.29) is 11.9 Å². The highest BCUT2D eigenvalue weighted by Crippen LogP contribution is 2.15. The lowest BCUT2D eigenvalue weighted by Gasteiger charge is -2.14. The van der Waals surface area contributed by atoms with Crippen molar-refractivity contribution in [3.8, 4) is 0 Å². The maximum atomic E-state index is 12.6. The van der Waals surface area contributed by atoms with Crippen LogP contribution < -0.4 is 5.32 Å². The summed E-state index contributed by atoms with van der Waals surface area (Å²) in [6.07, 6.45) is 2.50. The van der Waals surface area contributed by atoms with E-state index in [4.69, 9.17) is 0 Å². The molecule has 3 aromatic heterocycles. The van der Waals surface area contributed by atoms with Gasteiger partial charge in [-0.05, 0) is 33.3 Å². The molecule has 23 heavy (non-hydrogen) atoms. The van der Waals surface area contributed by atoms with Gasteiger partial charge in [0.1, 0.15) is 11.5 Å². The van der Waals surface area contributed by atoms with E-state index in [9.17, 15) is 4.79 Å². The van der Waals surface area contributed by atoms with Gasteiger partial charge in [0, 0.05) is 23.7 Å². The Morgan fingerprint density at radius 3 is 2.78 bits per heavy atom. The Balaban J connectivity index is 1.87. The number of aromatic nitrogens is 5. The van der Waals surface area contributed by atoms with Gasteiger partial charge in [-0.2, -0.15) is 5.10 Å². The summed E-state index contributed by atoms with van der Waals surface area (Å²) in [7, 11) is 0. The average molecular weight is 312 g/mol. The lowest BCUT2D eigenvalue weighted by molar-refractivity contribution is 0.0928. The van der Waals surface area contributed by atoms with Gasteiger partial charge in [-0.25, -0.2) is 14.5 Å². The van der Waals surface area contributed by atoms with Crippen LogP contribution >= 0.6 is 0 Å². The van der Waals surface area contributed by atoms with Crippen molar-refractivity contribution in [1.29, 1.82) is 0 Å². The third-order valence-electron chi connectivity index (χ3n) is 3.73. The molecule has 1 amide bonds. The second-order valence-electron chi connectivity index (χ2n) is 5.72. The molecule has 0 saturated heterocycles. The second-order valence-corrected chi connectivity index (χ2v) is 5.72. The number of hydrogen-bond acceptors (Lipinski definition) is 4. The molecule has 7 nitrogen and oxygen atoms in total. The molecule has 0 radical (unpaired) electrons. The maximum Gasteiger partial charge on any atom is 0.270 e. The van der Waals surface area contributed by atoms with E-state index in [0.717, 1.165) is 29.3 Å².